The number of methoxy groups -OCH3 is 1. The number of ether oxygens (including phenoxy) is 1. The molecule has 36 heavy (non-hydrogen) atoms. The maximum atomic E-state index is 13.9. The Morgan fingerprint density at radius 3 is 2.39 bits per heavy atom. The quantitative estimate of drug-likeness (QED) is 0.430. The van der Waals surface area contributed by atoms with Crippen LogP contribution in [0.2, 0.25) is 0 Å². The van der Waals surface area contributed by atoms with Gasteiger partial charge in [0.15, 0.2) is 0 Å². The molecule has 1 saturated carbocycles. The Morgan fingerprint density at radius 1 is 1.06 bits per heavy atom. The molecule has 1 heterocycles. The molecule has 0 aliphatic heterocycles. The Bertz CT molecular complexity index is 1230. The van der Waals surface area contributed by atoms with Crippen molar-refractivity contribution < 1.29 is 9.53 Å². The lowest BCUT2D eigenvalue weighted by Crippen LogP contribution is -2.44. The summed E-state index contributed by atoms with van der Waals surface area (Å²) in [7, 11) is 5.66. The zero-order valence-corrected chi connectivity index (χ0v) is 21.9. The third-order valence-corrected chi connectivity index (χ3v) is 7.22. The zero-order chi connectivity index (χ0) is 25.7. The van der Waals surface area contributed by atoms with Gasteiger partial charge in [0.2, 0.25) is 5.91 Å². The summed E-state index contributed by atoms with van der Waals surface area (Å²) in [5.74, 6) is 1.55. The van der Waals surface area contributed by atoms with Crippen LogP contribution >= 0.6 is 0 Å². The molecule has 4 rings (SSSR count). The van der Waals surface area contributed by atoms with Gasteiger partial charge in [0.1, 0.15) is 11.6 Å². The van der Waals surface area contributed by atoms with Crippen LogP contribution in [0.5, 0.6) is 5.75 Å². The van der Waals surface area contributed by atoms with Gasteiger partial charge in [-0.25, -0.2) is 4.98 Å². The van der Waals surface area contributed by atoms with Crippen LogP contribution in [-0.2, 0) is 4.79 Å². The van der Waals surface area contributed by atoms with Crippen LogP contribution in [0.4, 0.5) is 0 Å². The Labute approximate surface area is 213 Å². The monoisotopic (exact) mass is 490 g/mol. The fourth-order valence-electron chi connectivity index (χ4n) is 5.21. The number of fused-ring (bicyclic) bond motifs is 1. The van der Waals surface area contributed by atoms with Crippen LogP contribution < -0.4 is 10.3 Å². The number of likely N-dealkylation sites (N-methyl/N-ethyl adjacent to an activating group) is 1. The van der Waals surface area contributed by atoms with Crippen LogP contribution in [0.25, 0.3) is 16.6 Å². The van der Waals surface area contributed by atoms with E-state index in [0.29, 0.717) is 41.1 Å². The molecule has 1 atom stereocenters. The van der Waals surface area contributed by atoms with Crippen molar-refractivity contribution in [2.24, 2.45) is 5.92 Å². The first-order valence-electron chi connectivity index (χ1n) is 13.1. The summed E-state index contributed by atoms with van der Waals surface area (Å²) < 4.78 is 7.02. The molecule has 0 bridgehead atoms. The molecule has 1 aromatic heterocycles. The molecule has 1 unspecified atom stereocenters. The highest BCUT2D eigenvalue weighted by molar-refractivity contribution is 5.80. The van der Waals surface area contributed by atoms with Crippen molar-refractivity contribution in [3.05, 3.63) is 64.7 Å². The van der Waals surface area contributed by atoms with E-state index in [1.807, 2.05) is 67.5 Å². The van der Waals surface area contributed by atoms with E-state index >= 15 is 0 Å². The molecule has 0 radical (unpaired) electrons. The number of hydrogen-bond acceptors (Lipinski definition) is 5. The standard InChI is InChI=1S/C29H38N4O3/c1-5-26(32(20-19-31(2)3)28(34)21-11-7-6-8-12-21)27-30-25-14-10-9-13-24(25)29(35)33(27)22-15-17-23(36-4)18-16-22/h9-10,13-18,21,26H,5-8,11-12,19-20H2,1-4H3. The Balaban J connectivity index is 1.87. The van der Waals surface area contributed by atoms with Crippen molar-refractivity contribution in [1.82, 2.24) is 19.4 Å². The third-order valence-electron chi connectivity index (χ3n) is 7.22. The minimum absolute atomic E-state index is 0.0385. The van der Waals surface area contributed by atoms with Crippen molar-refractivity contribution in [1.29, 1.82) is 0 Å². The number of rotatable bonds is 9. The van der Waals surface area contributed by atoms with Crippen molar-refractivity contribution in [3.63, 3.8) is 0 Å². The number of carbonyl (C=O) groups excluding carboxylic acids is 1. The van der Waals surface area contributed by atoms with Gasteiger partial charge in [0, 0.05) is 19.0 Å². The second-order valence-corrected chi connectivity index (χ2v) is 9.92. The van der Waals surface area contributed by atoms with Gasteiger partial charge in [-0.15, -0.1) is 0 Å². The minimum atomic E-state index is -0.321. The van der Waals surface area contributed by atoms with E-state index in [2.05, 4.69) is 11.8 Å². The Kier molecular flexibility index (Phi) is 8.41. The molecule has 1 amide bonds. The van der Waals surface area contributed by atoms with Crippen molar-refractivity contribution >= 4 is 16.8 Å². The molecule has 0 N–H and O–H groups in total. The average molecular weight is 491 g/mol. The van der Waals surface area contributed by atoms with E-state index in [1.165, 1.54) is 6.42 Å². The van der Waals surface area contributed by atoms with Crippen LogP contribution in [0.15, 0.2) is 53.3 Å². The maximum Gasteiger partial charge on any atom is 0.266 e. The predicted molar refractivity (Wildman–Crippen MR) is 144 cm³/mol. The minimum Gasteiger partial charge on any atom is -0.497 e. The van der Waals surface area contributed by atoms with Gasteiger partial charge >= 0.3 is 0 Å². The van der Waals surface area contributed by atoms with E-state index < -0.39 is 0 Å². The second kappa shape index (κ2) is 11.7. The summed E-state index contributed by atoms with van der Waals surface area (Å²) in [5.41, 5.74) is 1.24. The molecule has 7 nitrogen and oxygen atoms in total. The molecular formula is C29H38N4O3. The molecule has 1 aliphatic carbocycles. The smallest absolute Gasteiger partial charge is 0.266 e. The third kappa shape index (κ3) is 5.46. The maximum absolute atomic E-state index is 13.9. The number of amides is 1. The highest BCUT2D eigenvalue weighted by Gasteiger charge is 2.33. The van der Waals surface area contributed by atoms with E-state index in [0.717, 1.165) is 32.2 Å². The molecule has 3 aromatic rings. The zero-order valence-electron chi connectivity index (χ0n) is 21.9. The van der Waals surface area contributed by atoms with Gasteiger partial charge in [0.05, 0.1) is 29.7 Å². The van der Waals surface area contributed by atoms with E-state index in [-0.39, 0.29) is 23.4 Å². The van der Waals surface area contributed by atoms with Gasteiger partial charge in [-0.3, -0.25) is 14.2 Å². The summed E-state index contributed by atoms with van der Waals surface area (Å²) >= 11 is 0. The SMILES string of the molecule is CCC(c1nc2ccccc2c(=O)n1-c1ccc(OC)cc1)N(CCN(C)C)C(=O)C1CCCCC1. The Hall–Kier alpha value is -3.19. The van der Waals surface area contributed by atoms with E-state index in [1.54, 1.807) is 11.7 Å². The molecule has 0 spiro atoms. The molecule has 1 fully saturated rings. The van der Waals surface area contributed by atoms with Gasteiger partial charge in [-0.2, -0.15) is 0 Å². The predicted octanol–water partition coefficient (Wildman–Crippen LogP) is 4.82. The molecule has 7 heteroatoms. The lowest BCUT2D eigenvalue weighted by atomic mass is 9.87. The number of aromatic nitrogens is 2. The normalized spacial score (nSPS) is 15.2. The lowest BCUT2D eigenvalue weighted by molar-refractivity contribution is -0.139. The van der Waals surface area contributed by atoms with Crippen molar-refractivity contribution in [2.75, 3.05) is 34.3 Å². The van der Waals surface area contributed by atoms with Crippen LogP contribution in [0.1, 0.15) is 57.3 Å². The fraction of sp³-hybridized carbons (Fsp3) is 0.483. The number of nitrogens with zero attached hydrogens (tertiary/aromatic N) is 4. The van der Waals surface area contributed by atoms with Gasteiger partial charge in [-0.05, 0) is 69.8 Å². The van der Waals surface area contributed by atoms with Gasteiger partial charge < -0.3 is 14.5 Å². The van der Waals surface area contributed by atoms with Gasteiger partial charge in [-0.1, -0.05) is 38.3 Å². The number of para-hydroxylation sites is 1. The fourth-order valence-corrected chi connectivity index (χ4v) is 5.21. The highest BCUT2D eigenvalue weighted by atomic mass is 16.5. The Morgan fingerprint density at radius 2 is 1.75 bits per heavy atom. The number of hydrogen-bond donors (Lipinski definition) is 0. The van der Waals surface area contributed by atoms with Crippen LogP contribution in [0, 0.1) is 5.92 Å². The van der Waals surface area contributed by atoms with Crippen molar-refractivity contribution in [2.45, 2.75) is 51.5 Å². The summed E-state index contributed by atoms with van der Waals surface area (Å²) in [4.78, 5) is 36.9. The largest absolute Gasteiger partial charge is 0.497 e. The molecule has 2 aromatic carbocycles. The lowest BCUT2D eigenvalue weighted by Gasteiger charge is -2.36. The summed E-state index contributed by atoms with van der Waals surface area (Å²) in [6.07, 6.45) is 5.92. The first kappa shape index (κ1) is 25.9. The topological polar surface area (TPSA) is 67.7 Å². The molecule has 192 valence electrons. The summed E-state index contributed by atoms with van der Waals surface area (Å²) in [6, 6.07) is 14.6. The molecule has 0 saturated heterocycles. The van der Waals surface area contributed by atoms with Crippen LogP contribution in [-0.4, -0.2) is 59.6 Å². The number of carbonyl (C=O) groups is 1. The molecular weight excluding hydrogens is 452 g/mol. The second-order valence-electron chi connectivity index (χ2n) is 9.92. The van der Waals surface area contributed by atoms with Crippen LogP contribution in [0.3, 0.4) is 0 Å². The van der Waals surface area contributed by atoms with Gasteiger partial charge in [0.25, 0.3) is 5.56 Å². The van der Waals surface area contributed by atoms with E-state index in [4.69, 9.17) is 9.72 Å². The number of benzene rings is 2. The summed E-state index contributed by atoms with van der Waals surface area (Å²) in [6.45, 7) is 3.41. The highest BCUT2D eigenvalue weighted by Crippen LogP contribution is 2.31. The first-order valence-corrected chi connectivity index (χ1v) is 13.1. The average Bonchev–Trinajstić information content (AvgIpc) is 2.91. The van der Waals surface area contributed by atoms with Crippen molar-refractivity contribution in [3.8, 4) is 11.4 Å². The van der Waals surface area contributed by atoms with E-state index in [9.17, 15) is 9.59 Å². The first-order chi connectivity index (χ1) is 17.4. The summed E-state index contributed by atoms with van der Waals surface area (Å²) in [5, 5.41) is 0.561. The molecule has 1 aliphatic rings.